The number of hydrogen-bond acceptors (Lipinski definition) is 5. The van der Waals surface area contributed by atoms with Gasteiger partial charge in [-0.3, -0.25) is 0 Å². The molecule has 2 heterocycles. The lowest BCUT2D eigenvalue weighted by molar-refractivity contribution is 0.351. The van der Waals surface area contributed by atoms with Crippen LogP contribution in [0, 0.1) is 6.92 Å². The van der Waals surface area contributed by atoms with Crippen LogP contribution >= 0.6 is 0 Å². The third-order valence-corrected chi connectivity index (χ3v) is 5.98. The van der Waals surface area contributed by atoms with Gasteiger partial charge in [0.1, 0.15) is 0 Å². The van der Waals surface area contributed by atoms with Gasteiger partial charge < -0.3 is 4.52 Å². The Hall–Kier alpha value is -1.73. The van der Waals surface area contributed by atoms with E-state index in [0.717, 1.165) is 5.56 Å². The highest BCUT2D eigenvalue weighted by Gasteiger charge is 2.36. The van der Waals surface area contributed by atoms with Crippen molar-refractivity contribution >= 4 is 10.0 Å². The molecule has 7 heteroatoms. The highest BCUT2D eigenvalue weighted by molar-refractivity contribution is 7.89. The van der Waals surface area contributed by atoms with Crippen LogP contribution in [0.25, 0.3) is 0 Å². The molecular formula is C15H19N3O3S. The number of benzene rings is 1. The summed E-state index contributed by atoms with van der Waals surface area (Å²) in [6.07, 6.45) is 1.39. The second-order valence-corrected chi connectivity index (χ2v) is 7.40. The van der Waals surface area contributed by atoms with Gasteiger partial charge in [0.15, 0.2) is 5.82 Å². The molecular weight excluding hydrogens is 302 g/mol. The average molecular weight is 321 g/mol. The summed E-state index contributed by atoms with van der Waals surface area (Å²) in [6, 6.07) is 7.17. The van der Waals surface area contributed by atoms with E-state index in [1.807, 2.05) is 19.1 Å². The van der Waals surface area contributed by atoms with Gasteiger partial charge in [-0.2, -0.15) is 9.29 Å². The van der Waals surface area contributed by atoms with E-state index in [9.17, 15) is 8.42 Å². The van der Waals surface area contributed by atoms with Gasteiger partial charge in [-0.25, -0.2) is 8.42 Å². The molecule has 0 spiro atoms. The predicted molar refractivity (Wildman–Crippen MR) is 81.0 cm³/mol. The molecule has 1 aromatic heterocycles. The third kappa shape index (κ3) is 2.66. The number of aryl methyl sites for hydroxylation is 2. The van der Waals surface area contributed by atoms with E-state index in [1.165, 1.54) is 4.31 Å². The molecule has 3 rings (SSSR count). The molecule has 2 aromatic rings. The first kappa shape index (κ1) is 15.2. The van der Waals surface area contributed by atoms with Crippen LogP contribution in [0.3, 0.4) is 0 Å². The van der Waals surface area contributed by atoms with Crippen LogP contribution in [0.2, 0.25) is 0 Å². The highest BCUT2D eigenvalue weighted by atomic mass is 32.2. The Morgan fingerprint density at radius 3 is 2.82 bits per heavy atom. The summed E-state index contributed by atoms with van der Waals surface area (Å²) >= 11 is 0. The minimum Gasteiger partial charge on any atom is -0.339 e. The van der Waals surface area contributed by atoms with E-state index in [-0.39, 0.29) is 5.92 Å². The molecule has 0 amide bonds. The lowest BCUT2D eigenvalue weighted by Gasteiger charge is -2.18. The van der Waals surface area contributed by atoms with E-state index in [1.54, 1.807) is 19.1 Å². The summed E-state index contributed by atoms with van der Waals surface area (Å²) < 4.78 is 32.4. The lowest BCUT2D eigenvalue weighted by atomic mass is 10.1. The van der Waals surface area contributed by atoms with Crippen molar-refractivity contribution in [2.45, 2.75) is 37.5 Å². The molecule has 1 atom stereocenters. The first-order chi connectivity index (χ1) is 10.5. The summed E-state index contributed by atoms with van der Waals surface area (Å²) in [6.45, 7) is 4.59. The van der Waals surface area contributed by atoms with E-state index < -0.39 is 10.0 Å². The van der Waals surface area contributed by atoms with E-state index in [4.69, 9.17) is 4.52 Å². The Morgan fingerprint density at radius 1 is 1.36 bits per heavy atom. The molecule has 0 bridgehead atoms. The molecule has 0 radical (unpaired) electrons. The Balaban J connectivity index is 1.85. The van der Waals surface area contributed by atoms with Crippen molar-refractivity contribution in [3.05, 3.63) is 41.5 Å². The lowest BCUT2D eigenvalue weighted by Crippen LogP contribution is -2.29. The Morgan fingerprint density at radius 2 is 2.14 bits per heavy atom. The minimum atomic E-state index is -3.47. The zero-order valence-corrected chi connectivity index (χ0v) is 13.5. The van der Waals surface area contributed by atoms with E-state index in [0.29, 0.717) is 42.5 Å². The molecule has 1 aromatic carbocycles. The second kappa shape index (κ2) is 5.81. The molecule has 0 unspecified atom stereocenters. The summed E-state index contributed by atoms with van der Waals surface area (Å²) in [7, 11) is -3.47. The molecule has 1 aliphatic rings. The van der Waals surface area contributed by atoms with Crippen molar-refractivity contribution in [2.24, 2.45) is 0 Å². The van der Waals surface area contributed by atoms with Gasteiger partial charge in [-0.1, -0.05) is 30.3 Å². The van der Waals surface area contributed by atoms with Crippen LogP contribution < -0.4 is 0 Å². The van der Waals surface area contributed by atoms with Crippen molar-refractivity contribution < 1.29 is 12.9 Å². The number of nitrogens with zero attached hydrogens (tertiary/aromatic N) is 3. The quantitative estimate of drug-likeness (QED) is 0.862. The van der Waals surface area contributed by atoms with Crippen LogP contribution in [0.1, 0.15) is 36.5 Å². The molecule has 1 saturated heterocycles. The standard InChI is InChI=1S/C15H19N3O3S/c1-3-12-6-4-5-7-14(12)22(19,20)18-9-8-13(10-18)15-16-11(2)17-21-15/h4-7,13H,3,8-10H2,1-2H3/t13-/m0/s1. The van der Waals surface area contributed by atoms with Gasteiger partial charge >= 0.3 is 0 Å². The first-order valence-corrected chi connectivity index (χ1v) is 8.84. The zero-order valence-electron chi connectivity index (χ0n) is 12.7. The molecule has 0 aliphatic carbocycles. The van der Waals surface area contributed by atoms with Gasteiger partial charge in [-0.15, -0.1) is 0 Å². The average Bonchev–Trinajstić information content (AvgIpc) is 3.16. The topological polar surface area (TPSA) is 76.3 Å². The molecule has 0 saturated carbocycles. The molecule has 1 aliphatic heterocycles. The predicted octanol–water partition coefficient (Wildman–Crippen LogP) is 2.12. The summed E-state index contributed by atoms with van der Waals surface area (Å²) in [4.78, 5) is 4.62. The molecule has 0 N–H and O–H groups in total. The Labute approximate surface area is 130 Å². The van der Waals surface area contributed by atoms with E-state index in [2.05, 4.69) is 10.1 Å². The third-order valence-electron chi connectivity index (χ3n) is 4.01. The maximum absolute atomic E-state index is 12.9. The van der Waals surface area contributed by atoms with Crippen LogP contribution in [0.4, 0.5) is 0 Å². The fourth-order valence-corrected chi connectivity index (χ4v) is 4.61. The van der Waals surface area contributed by atoms with Crippen LogP contribution in [-0.2, 0) is 16.4 Å². The van der Waals surface area contributed by atoms with Crippen molar-refractivity contribution in [3.63, 3.8) is 0 Å². The zero-order chi connectivity index (χ0) is 15.7. The van der Waals surface area contributed by atoms with Gasteiger partial charge in [0.05, 0.1) is 10.8 Å². The normalized spacial score (nSPS) is 19.6. The SMILES string of the molecule is CCc1ccccc1S(=O)(=O)N1CC[C@H](c2nc(C)no2)C1. The molecule has 22 heavy (non-hydrogen) atoms. The monoisotopic (exact) mass is 321 g/mol. The minimum absolute atomic E-state index is 0.0234. The van der Waals surface area contributed by atoms with Crippen molar-refractivity contribution in [1.29, 1.82) is 0 Å². The second-order valence-electron chi connectivity index (χ2n) is 5.49. The van der Waals surface area contributed by atoms with Crippen LogP contribution in [0.5, 0.6) is 0 Å². The van der Waals surface area contributed by atoms with Crippen molar-refractivity contribution in [1.82, 2.24) is 14.4 Å². The Bertz CT molecular complexity index is 770. The highest BCUT2D eigenvalue weighted by Crippen LogP contribution is 2.31. The molecule has 118 valence electrons. The summed E-state index contributed by atoms with van der Waals surface area (Å²) in [5.41, 5.74) is 0.847. The number of hydrogen-bond donors (Lipinski definition) is 0. The molecule has 6 nitrogen and oxygen atoms in total. The van der Waals surface area contributed by atoms with E-state index >= 15 is 0 Å². The van der Waals surface area contributed by atoms with Gasteiger partial charge in [0, 0.05) is 13.1 Å². The largest absolute Gasteiger partial charge is 0.339 e. The fraction of sp³-hybridized carbons (Fsp3) is 0.467. The number of rotatable bonds is 4. The van der Waals surface area contributed by atoms with Crippen LogP contribution in [-0.4, -0.2) is 36.0 Å². The maximum Gasteiger partial charge on any atom is 0.243 e. The Kier molecular flexibility index (Phi) is 4.01. The maximum atomic E-state index is 12.9. The fourth-order valence-electron chi connectivity index (χ4n) is 2.81. The number of sulfonamides is 1. The van der Waals surface area contributed by atoms with Gasteiger partial charge in [-0.05, 0) is 31.4 Å². The molecule has 1 fully saturated rings. The number of aromatic nitrogens is 2. The van der Waals surface area contributed by atoms with Crippen molar-refractivity contribution in [2.75, 3.05) is 13.1 Å². The van der Waals surface area contributed by atoms with Crippen molar-refractivity contribution in [3.8, 4) is 0 Å². The van der Waals surface area contributed by atoms with Gasteiger partial charge in [0.2, 0.25) is 15.9 Å². The van der Waals surface area contributed by atoms with Gasteiger partial charge in [0.25, 0.3) is 0 Å². The summed E-state index contributed by atoms with van der Waals surface area (Å²) in [5, 5.41) is 3.78. The first-order valence-electron chi connectivity index (χ1n) is 7.40. The van der Waals surface area contributed by atoms with Crippen LogP contribution in [0.15, 0.2) is 33.7 Å². The summed E-state index contributed by atoms with van der Waals surface area (Å²) in [5.74, 6) is 1.08. The smallest absolute Gasteiger partial charge is 0.243 e.